The highest BCUT2D eigenvalue weighted by Gasteiger charge is 2.21. The number of aromatic amines is 2. The summed E-state index contributed by atoms with van der Waals surface area (Å²) < 4.78 is 39.1. The van der Waals surface area contributed by atoms with E-state index in [2.05, 4.69) is 30.5 Å². The summed E-state index contributed by atoms with van der Waals surface area (Å²) >= 11 is 0. The number of benzene rings is 2. The van der Waals surface area contributed by atoms with Crippen LogP contribution in [0.25, 0.3) is 11.0 Å². The zero-order valence-electron chi connectivity index (χ0n) is 21.8. The van der Waals surface area contributed by atoms with Crippen LogP contribution in [0.1, 0.15) is 23.2 Å². The molecule has 0 spiro atoms. The second-order valence-corrected chi connectivity index (χ2v) is 9.46. The number of fused-ring (bicyclic) bond motifs is 1. The Bertz CT molecular complexity index is 1520. The van der Waals surface area contributed by atoms with E-state index < -0.39 is 23.6 Å². The number of amides is 1. The third-order valence-electron chi connectivity index (χ3n) is 6.58. The Balaban J connectivity index is 1.39. The lowest BCUT2D eigenvalue weighted by Crippen LogP contribution is -2.33. The van der Waals surface area contributed by atoms with Crippen molar-refractivity contribution in [2.45, 2.75) is 18.9 Å². The minimum absolute atomic E-state index is 0.0426. The van der Waals surface area contributed by atoms with E-state index in [0.717, 1.165) is 38.1 Å². The molecule has 2 aromatic heterocycles. The first-order chi connectivity index (χ1) is 19.3. The summed E-state index contributed by atoms with van der Waals surface area (Å²) in [7, 11) is 1.52. The lowest BCUT2D eigenvalue weighted by molar-refractivity contribution is -0.333. The largest absolute Gasteiger partial charge is 0.493 e. The van der Waals surface area contributed by atoms with Gasteiger partial charge in [0.25, 0.3) is 5.91 Å². The smallest absolute Gasteiger partial charge is 0.351 e. The second-order valence-electron chi connectivity index (χ2n) is 9.46. The van der Waals surface area contributed by atoms with Crippen LogP contribution in [-0.2, 0) is 0 Å². The average molecular weight is 555 g/mol. The van der Waals surface area contributed by atoms with E-state index in [9.17, 15) is 18.7 Å². The van der Waals surface area contributed by atoms with Crippen LogP contribution < -0.4 is 30.8 Å². The van der Waals surface area contributed by atoms with Crippen LogP contribution in [0.15, 0.2) is 42.6 Å². The summed E-state index contributed by atoms with van der Waals surface area (Å²) in [5, 5.41) is 17.0. The lowest BCUT2D eigenvalue weighted by Gasteiger charge is -2.19. The van der Waals surface area contributed by atoms with Gasteiger partial charge < -0.3 is 30.5 Å². The van der Waals surface area contributed by atoms with Gasteiger partial charge in [-0.25, -0.2) is 13.8 Å². The molecule has 0 unspecified atom stereocenters. The van der Waals surface area contributed by atoms with Crippen molar-refractivity contribution >= 4 is 40.1 Å². The number of H-pyrrole nitrogens is 2. The van der Waals surface area contributed by atoms with E-state index in [1.54, 1.807) is 30.5 Å². The molecular formula is C27H30F2N7O4+. The molecule has 1 aliphatic rings. The highest BCUT2D eigenvalue weighted by atomic mass is 19.2. The molecule has 1 saturated heterocycles. The first-order valence-corrected chi connectivity index (χ1v) is 12.7. The molecule has 0 saturated carbocycles. The Morgan fingerprint density at radius 3 is 2.70 bits per heavy atom. The Morgan fingerprint density at radius 2 is 1.95 bits per heavy atom. The first-order valence-electron chi connectivity index (χ1n) is 12.7. The molecule has 0 radical (unpaired) electrons. The molecule has 4 aromatic rings. The maximum Gasteiger partial charge on any atom is 0.351 e. The zero-order valence-corrected chi connectivity index (χ0v) is 21.8. The van der Waals surface area contributed by atoms with Gasteiger partial charge in [-0.2, -0.15) is 0 Å². The van der Waals surface area contributed by atoms with Gasteiger partial charge in [0.15, 0.2) is 17.4 Å². The van der Waals surface area contributed by atoms with E-state index in [0.29, 0.717) is 34.8 Å². The van der Waals surface area contributed by atoms with Crippen LogP contribution in [-0.4, -0.2) is 65.3 Å². The normalized spacial score (nSPS) is 14.3. The van der Waals surface area contributed by atoms with Gasteiger partial charge in [-0.15, -0.1) is 0 Å². The van der Waals surface area contributed by atoms with Crippen molar-refractivity contribution in [3.63, 3.8) is 0 Å². The van der Waals surface area contributed by atoms with Gasteiger partial charge in [-0.3, -0.25) is 15.1 Å². The number of rotatable bonds is 11. The molecule has 0 bridgehead atoms. The van der Waals surface area contributed by atoms with E-state index in [1.165, 1.54) is 7.11 Å². The monoisotopic (exact) mass is 554 g/mol. The molecular weight excluding hydrogens is 524 g/mol. The van der Waals surface area contributed by atoms with Crippen LogP contribution >= 0.6 is 0 Å². The summed E-state index contributed by atoms with van der Waals surface area (Å²) in [4.78, 5) is 24.8. The summed E-state index contributed by atoms with van der Waals surface area (Å²) in [5.41, 5.74) is 6.18. The fourth-order valence-corrected chi connectivity index (χ4v) is 4.64. The van der Waals surface area contributed by atoms with Crippen molar-refractivity contribution in [1.29, 1.82) is 0 Å². The Hall–Kier alpha value is -4.49. The number of carbonyl (C=O) groups excluding carboxylic acids is 1. The Morgan fingerprint density at radius 1 is 1.18 bits per heavy atom. The molecule has 0 aliphatic carbocycles. The molecule has 13 heteroatoms. The zero-order chi connectivity index (χ0) is 28.2. The molecule has 1 amide bonds. The predicted molar refractivity (Wildman–Crippen MR) is 144 cm³/mol. The standard InChI is InChI=1S/C27H29F2N7O4/c1-39-23-5-4-16(40-14-15(37)13-36-8-2-3-9-36)10-22(23)33-27-34-25-17(6-7-31-25)26(35-27)32-21-12-20(29)19(28)11-18(21)24(30)38/h4-7,10-12,15,37H,2-3,8-9,13-14H2,1H3,(H2,30,38)(H3,31,32,33,34,35)/p+1/t15-/m0/s1. The van der Waals surface area contributed by atoms with Gasteiger partial charge >= 0.3 is 5.95 Å². The number of primary amides is 1. The first kappa shape index (κ1) is 27.1. The molecule has 210 valence electrons. The van der Waals surface area contributed by atoms with Gasteiger partial charge in [0.05, 0.1) is 23.7 Å². The van der Waals surface area contributed by atoms with Crippen molar-refractivity contribution in [3.05, 3.63) is 59.8 Å². The van der Waals surface area contributed by atoms with Gasteiger partial charge in [0, 0.05) is 24.9 Å². The summed E-state index contributed by atoms with van der Waals surface area (Å²) in [5.74, 6) is -1.77. The van der Waals surface area contributed by atoms with Crippen LogP contribution in [0.3, 0.4) is 0 Å². The van der Waals surface area contributed by atoms with Crippen molar-refractivity contribution in [3.8, 4) is 11.5 Å². The van der Waals surface area contributed by atoms with E-state index in [1.807, 2.05) is 0 Å². The summed E-state index contributed by atoms with van der Waals surface area (Å²) in [6.07, 6.45) is 3.33. The van der Waals surface area contributed by atoms with Gasteiger partial charge in [0.2, 0.25) is 11.5 Å². The fourth-order valence-electron chi connectivity index (χ4n) is 4.64. The number of ether oxygens (including phenoxy) is 2. The molecule has 3 heterocycles. The Kier molecular flexibility index (Phi) is 7.94. The van der Waals surface area contributed by atoms with Gasteiger partial charge in [0.1, 0.15) is 24.1 Å². The van der Waals surface area contributed by atoms with Crippen LogP contribution in [0.2, 0.25) is 0 Å². The number of halogens is 2. The van der Waals surface area contributed by atoms with Crippen LogP contribution in [0.5, 0.6) is 11.5 Å². The molecule has 1 aliphatic heterocycles. The predicted octanol–water partition coefficient (Wildman–Crippen LogP) is 3.09. The number of aromatic nitrogens is 3. The second kappa shape index (κ2) is 11.7. The van der Waals surface area contributed by atoms with Gasteiger partial charge in [-0.1, -0.05) is 4.98 Å². The maximum atomic E-state index is 14.0. The van der Waals surface area contributed by atoms with Crippen LogP contribution in [0.4, 0.5) is 31.9 Å². The number of nitrogens with zero attached hydrogens (tertiary/aromatic N) is 2. The minimum atomic E-state index is -1.19. The number of carbonyl (C=O) groups is 1. The molecule has 5 rings (SSSR count). The summed E-state index contributed by atoms with van der Waals surface area (Å²) in [6.45, 7) is 2.66. The van der Waals surface area contributed by atoms with Crippen molar-refractivity contribution in [2.75, 3.05) is 44.0 Å². The van der Waals surface area contributed by atoms with E-state index in [4.69, 9.17) is 15.2 Å². The van der Waals surface area contributed by atoms with E-state index >= 15 is 0 Å². The number of aliphatic hydroxyl groups is 1. The quantitative estimate of drug-likeness (QED) is 0.190. The highest BCUT2D eigenvalue weighted by molar-refractivity contribution is 6.00. The summed E-state index contributed by atoms with van der Waals surface area (Å²) in [6, 6.07) is 8.47. The fraction of sp³-hybridized carbons (Fsp3) is 0.296. The number of anilines is 4. The SMILES string of the molecule is COc1ccc(OC[C@@H](O)CN2CCCC2)cc1Nc1nc(Nc2cc(F)c(F)cc2C(N)=O)c2cc[nH]c2[nH+]1. The van der Waals surface area contributed by atoms with E-state index in [-0.39, 0.29) is 29.6 Å². The van der Waals surface area contributed by atoms with Crippen LogP contribution in [0, 0.1) is 11.6 Å². The number of nitrogens with one attached hydrogen (secondary N) is 4. The van der Waals surface area contributed by atoms with Crippen molar-refractivity contribution < 1.29 is 33.1 Å². The number of hydrogen-bond donors (Lipinski definition) is 5. The highest BCUT2D eigenvalue weighted by Crippen LogP contribution is 2.32. The lowest BCUT2D eigenvalue weighted by atomic mass is 10.1. The molecule has 7 N–H and O–H groups in total. The molecule has 11 nitrogen and oxygen atoms in total. The van der Waals surface area contributed by atoms with Crippen molar-refractivity contribution in [2.24, 2.45) is 5.73 Å². The third kappa shape index (κ3) is 6.05. The number of aliphatic hydroxyl groups excluding tert-OH is 1. The number of hydrogen-bond acceptors (Lipinski definition) is 8. The van der Waals surface area contributed by atoms with Crippen molar-refractivity contribution in [1.82, 2.24) is 14.9 Å². The maximum absolute atomic E-state index is 14.0. The number of nitrogens with two attached hydrogens (primary N) is 1. The molecule has 2 aromatic carbocycles. The third-order valence-corrected chi connectivity index (χ3v) is 6.58. The van der Waals surface area contributed by atoms with Gasteiger partial charge in [-0.05, 0) is 50.2 Å². The minimum Gasteiger partial charge on any atom is -0.493 e. The topological polar surface area (TPSA) is 152 Å². The molecule has 1 fully saturated rings. The molecule has 40 heavy (non-hydrogen) atoms. The average Bonchev–Trinajstić information content (AvgIpc) is 3.62. The Labute approximate surface area is 228 Å². The number of methoxy groups -OCH3 is 1. The number of likely N-dealkylation sites (tertiary alicyclic amines) is 1. The number of β-amino-alcohol motifs (C(OH)–C–C–N with tert-alkyl or cyclic N) is 1. The molecule has 1 atom stereocenters.